The van der Waals surface area contributed by atoms with Crippen LogP contribution in [0.15, 0.2) is 18.5 Å². The van der Waals surface area contributed by atoms with Crippen LogP contribution in [-0.4, -0.2) is 18.6 Å². The number of nitrogens with one attached hydrogen (secondary N) is 1. The maximum Gasteiger partial charge on any atom is 0.137 e. The molecule has 3 nitrogen and oxygen atoms in total. The maximum atomic E-state index is 5.20. The predicted octanol–water partition coefficient (Wildman–Crippen LogP) is 2.79. The number of hydrogen-bond acceptors (Lipinski definition) is 3. The highest BCUT2D eigenvalue weighted by Gasteiger charge is 2.13. The summed E-state index contributed by atoms with van der Waals surface area (Å²) in [5, 5.41) is 3.49. The number of hydrogen-bond donors (Lipinski definition) is 1. The van der Waals surface area contributed by atoms with Crippen LogP contribution in [-0.2, 0) is 0 Å². The monoisotopic (exact) mass is 222 g/mol. The second-order valence-electron chi connectivity index (χ2n) is 4.40. The van der Waals surface area contributed by atoms with Gasteiger partial charge < -0.3 is 10.1 Å². The Labute approximate surface area is 98.2 Å². The molecule has 1 aromatic rings. The molecule has 0 aliphatic carbocycles. The Hall–Kier alpha value is -1.09. The normalized spacial score (nSPS) is 12.8. The second-order valence-corrected chi connectivity index (χ2v) is 4.40. The fraction of sp³-hybridized carbons (Fsp3) is 0.615. The van der Waals surface area contributed by atoms with Crippen LogP contribution in [0.5, 0.6) is 5.75 Å². The summed E-state index contributed by atoms with van der Waals surface area (Å²) in [6, 6.07) is 2.43. The molecule has 1 heterocycles. The summed E-state index contributed by atoms with van der Waals surface area (Å²) < 4.78 is 5.20. The molecule has 0 aromatic carbocycles. The lowest BCUT2D eigenvalue weighted by atomic mass is 9.98. The molecule has 1 aromatic heterocycles. The zero-order valence-corrected chi connectivity index (χ0v) is 10.7. The van der Waals surface area contributed by atoms with Gasteiger partial charge in [0.1, 0.15) is 5.75 Å². The van der Waals surface area contributed by atoms with Crippen molar-refractivity contribution in [2.75, 3.05) is 13.7 Å². The van der Waals surface area contributed by atoms with Gasteiger partial charge in [0.15, 0.2) is 0 Å². The quantitative estimate of drug-likeness (QED) is 0.803. The molecule has 0 amide bonds. The lowest BCUT2D eigenvalue weighted by Crippen LogP contribution is -2.22. The van der Waals surface area contributed by atoms with Crippen LogP contribution >= 0.6 is 0 Å². The van der Waals surface area contributed by atoms with Gasteiger partial charge in [-0.25, -0.2) is 0 Å². The Bertz CT molecular complexity index is 313. The molecule has 0 spiro atoms. The number of pyridine rings is 1. The number of ether oxygens (including phenoxy) is 1. The largest absolute Gasteiger partial charge is 0.495 e. The second kappa shape index (κ2) is 6.48. The summed E-state index contributed by atoms with van der Waals surface area (Å²) in [6.07, 6.45) is 4.77. The van der Waals surface area contributed by atoms with Crippen molar-refractivity contribution >= 4 is 0 Å². The highest BCUT2D eigenvalue weighted by atomic mass is 16.5. The first-order chi connectivity index (χ1) is 7.67. The molecule has 1 rings (SSSR count). The van der Waals surface area contributed by atoms with Crippen molar-refractivity contribution in [2.45, 2.75) is 33.2 Å². The van der Waals surface area contributed by atoms with Crippen molar-refractivity contribution in [1.82, 2.24) is 10.3 Å². The molecule has 0 saturated carbocycles. The zero-order chi connectivity index (χ0) is 12.0. The topological polar surface area (TPSA) is 34.2 Å². The molecule has 1 atom stereocenters. The minimum Gasteiger partial charge on any atom is -0.495 e. The van der Waals surface area contributed by atoms with E-state index >= 15 is 0 Å². The highest BCUT2D eigenvalue weighted by molar-refractivity contribution is 5.25. The molecule has 0 bridgehead atoms. The molecule has 0 fully saturated rings. The minimum atomic E-state index is 0.368. The summed E-state index contributed by atoms with van der Waals surface area (Å²) in [6.45, 7) is 7.56. The molecule has 90 valence electrons. The molecule has 1 N–H and O–H groups in total. The summed E-state index contributed by atoms with van der Waals surface area (Å²) in [5.74, 6) is 1.49. The Morgan fingerprint density at radius 3 is 2.69 bits per heavy atom. The Morgan fingerprint density at radius 1 is 1.38 bits per heavy atom. The van der Waals surface area contributed by atoms with Crippen LogP contribution in [0, 0.1) is 5.92 Å². The lowest BCUT2D eigenvalue weighted by Gasteiger charge is -2.20. The number of methoxy groups -OCH3 is 1. The first kappa shape index (κ1) is 13.0. The van der Waals surface area contributed by atoms with Gasteiger partial charge in [-0.15, -0.1) is 0 Å². The zero-order valence-electron chi connectivity index (χ0n) is 10.7. The Balaban J connectivity index is 2.82. The van der Waals surface area contributed by atoms with Crippen molar-refractivity contribution in [2.24, 2.45) is 5.92 Å². The lowest BCUT2D eigenvalue weighted by molar-refractivity contribution is 0.406. The van der Waals surface area contributed by atoms with Gasteiger partial charge in [0.05, 0.1) is 13.3 Å². The predicted molar refractivity (Wildman–Crippen MR) is 66.7 cm³/mol. The van der Waals surface area contributed by atoms with E-state index in [1.54, 1.807) is 13.3 Å². The van der Waals surface area contributed by atoms with E-state index in [2.05, 4.69) is 37.1 Å². The van der Waals surface area contributed by atoms with Gasteiger partial charge in [0.2, 0.25) is 0 Å². The fourth-order valence-corrected chi connectivity index (χ4v) is 1.79. The molecule has 0 aliphatic heterocycles. The molecule has 3 heteroatoms. The van der Waals surface area contributed by atoms with Gasteiger partial charge in [0.25, 0.3) is 0 Å². The number of nitrogens with zero attached hydrogens (tertiary/aromatic N) is 1. The van der Waals surface area contributed by atoms with E-state index in [0.717, 1.165) is 18.7 Å². The highest BCUT2D eigenvalue weighted by Crippen LogP contribution is 2.23. The van der Waals surface area contributed by atoms with Gasteiger partial charge in [0, 0.05) is 12.2 Å². The average molecular weight is 222 g/mol. The van der Waals surface area contributed by atoms with Gasteiger partial charge in [-0.1, -0.05) is 20.8 Å². The van der Waals surface area contributed by atoms with Crippen LogP contribution in [0.3, 0.4) is 0 Å². The molecule has 0 radical (unpaired) electrons. The van der Waals surface area contributed by atoms with Crippen LogP contribution in [0.1, 0.15) is 38.8 Å². The van der Waals surface area contributed by atoms with Crippen LogP contribution in [0.25, 0.3) is 0 Å². The molecule has 0 saturated heterocycles. The number of aromatic nitrogens is 1. The maximum absolute atomic E-state index is 5.20. The molecule has 1 unspecified atom stereocenters. The third-order valence-corrected chi connectivity index (χ3v) is 2.53. The standard InChI is InChI=1S/C13H22N2O/c1-5-15-13(6-10(2)3)11-7-12(16-4)9-14-8-11/h7-10,13,15H,5-6H2,1-4H3. The Kier molecular flexibility index (Phi) is 5.26. The van der Waals surface area contributed by atoms with Crippen LogP contribution in [0.4, 0.5) is 0 Å². The molecule has 16 heavy (non-hydrogen) atoms. The van der Waals surface area contributed by atoms with Gasteiger partial charge in [-0.2, -0.15) is 0 Å². The third-order valence-electron chi connectivity index (χ3n) is 2.53. The average Bonchev–Trinajstić information content (AvgIpc) is 2.28. The van der Waals surface area contributed by atoms with E-state index in [0.29, 0.717) is 12.0 Å². The molecular formula is C13H22N2O. The van der Waals surface area contributed by atoms with E-state index < -0.39 is 0 Å². The van der Waals surface area contributed by atoms with Gasteiger partial charge in [-0.05, 0) is 30.5 Å². The Morgan fingerprint density at radius 2 is 2.12 bits per heavy atom. The first-order valence-electron chi connectivity index (χ1n) is 5.89. The summed E-state index contributed by atoms with van der Waals surface area (Å²) in [7, 11) is 1.67. The van der Waals surface area contributed by atoms with Crippen molar-refractivity contribution in [3.63, 3.8) is 0 Å². The fourth-order valence-electron chi connectivity index (χ4n) is 1.79. The number of rotatable bonds is 6. The smallest absolute Gasteiger partial charge is 0.137 e. The van der Waals surface area contributed by atoms with Crippen molar-refractivity contribution in [3.05, 3.63) is 24.0 Å². The minimum absolute atomic E-state index is 0.368. The summed E-state index contributed by atoms with van der Waals surface area (Å²) in [4.78, 5) is 4.20. The SMILES string of the molecule is CCNC(CC(C)C)c1cncc(OC)c1. The molecule has 0 aliphatic rings. The third kappa shape index (κ3) is 3.81. The van der Waals surface area contributed by atoms with E-state index in [1.807, 2.05) is 6.20 Å². The van der Waals surface area contributed by atoms with Crippen LogP contribution in [0.2, 0.25) is 0 Å². The van der Waals surface area contributed by atoms with Crippen molar-refractivity contribution < 1.29 is 4.74 Å². The van der Waals surface area contributed by atoms with Gasteiger partial charge >= 0.3 is 0 Å². The summed E-state index contributed by atoms with van der Waals surface area (Å²) >= 11 is 0. The summed E-state index contributed by atoms with van der Waals surface area (Å²) in [5.41, 5.74) is 1.20. The van der Waals surface area contributed by atoms with E-state index in [4.69, 9.17) is 4.74 Å². The van der Waals surface area contributed by atoms with Gasteiger partial charge in [-0.3, -0.25) is 4.98 Å². The first-order valence-corrected chi connectivity index (χ1v) is 5.89. The van der Waals surface area contributed by atoms with E-state index in [-0.39, 0.29) is 0 Å². The van der Waals surface area contributed by atoms with E-state index in [1.165, 1.54) is 5.56 Å². The van der Waals surface area contributed by atoms with Crippen LogP contribution < -0.4 is 10.1 Å². The van der Waals surface area contributed by atoms with E-state index in [9.17, 15) is 0 Å². The van der Waals surface area contributed by atoms with Crippen molar-refractivity contribution in [3.8, 4) is 5.75 Å². The molecular weight excluding hydrogens is 200 g/mol. The van der Waals surface area contributed by atoms with Crippen molar-refractivity contribution in [1.29, 1.82) is 0 Å².